The zero-order valence-electron chi connectivity index (χ0n) is 10.2. The van der Waals surface area contributed by atoms with Crippen LogP contribution in [0.3, 0.4) is 0 Å². The summed E-state index contributed by atoms with van der Waals surface area (Å²) in [5.74, 6) is 0.808. The summed E-state index contributed by atoms with van der Waals surface area (Å²) in [6.07, 6.45) is 2.68. The minimum atomic E-state index is -3.14. The number of nitrogens with one attached hydrogen (secondary N) is 1. The van der Waals surface area contributed by atoms with Gasteiger partial charge in [0.2, 0.25) is 0 Å². The molecular weight excluding hydrogens is 252 g/mol. The van der Waals surface area contributed by atoms with Crippen molar-refractivity contribution in [3.8, 4) is 0 Å². The number of aromatic nitrogens is 3. The summed E-state index contributed by atoms with van der Waals surface area (Å²) in [5, 5.41) is 7.11. The molecule has 7 heteroatoms. The van der Waals surface area contributed by atoms with E-state index in [0.717, 1.165) is 11.5 Å². The summed E-state index contributed by atoms with van der Waals surface area (Å²) in [6, 6.07) is 6.61. The molecule has 0 saturated heterocycles. The lowest BCUT2D eigenvalue weighted by molar-refractivity contribution is 0.602. The second kappa shape index (κ2) is 4.77. The molecule has 96 valence electrons. The Hall–Kier alpha value is -1.89. The molecule has 6 nitrogen and oxygen atoms in total. The molecule has 0 aliphatic rings. The van der Waals surface area contributed by atoms with Gasteiger partial charge in [-0.25, -0.2) is 13.4 Å². The SMILES string of the molecule is Cn1ncnc1CNc1ccc(S(C)(=O)=O)cc1. The van der Waals surface area contributed by atoms with Crippen molar-refractivity contribution >= 4 is 15.5 Å². The van der Waals surface area contributed by atoms with E-state index in [2.05, 4.69) is 15.4 Å². The predicted molar refractivity (Wildman–Crippen MR) is 67.9 cm³/mol. The molecule has 0 atom stereocenters. The molecule has 0 amide bonds. The van der Waals surface area contributed by atoms with Crippen LogP contribution in [0.2, 0.25) is 0 Å². The molecule has 0 aliphatic heterocycles. The van der Waals surface area contributed by atoms with Gasteiger partial charge in [-0.1, -0.05) is 0 Å². The second-order valence-electron chi connectivity index (χ2n) is 3.95. The van der Waals surface area contributed by atoms with Crippen molar-refractivity contribution in [2.75, 3.05) is 11.6 Å². The van der Waals surface area contributed by atoms with Gasteiger partial charge in [0.05, 0.1) is 11.4 Å². The number of rotatable bonds is 4. The number of sulfone groups is 1. The van der Waals surface area contributed by atoms with E-state index in [9.17, 15) is 8.42 Å². The molecule has 2 rings (SSSR count). The zero-order valence-corrected chi connectivity index (χ0v) is 11.0. The predicted octanol–water partition coefficient (Wildman–Crippen LogP) is 0.831. The minimum Gasteiger partial charge on any atom is -0.378 e. The Morgan fingerprint density at radius 2 is 1.94 bits per heavy atom. The maximum Gasteiger partial charge on any atom is 0.175 e. The highest BCUT2D eigenvalue weighted by atomic mass is 32.2. The lowest BCUT2D eigenvalue weighted by Gasteiger charge is -2.06. The molecule has 1 N–H and O–H groups in total. The van der Waals surface area contributed by atoms with Crippen LogP contribution in [0.4, 0.5) is 5.69 Å². The Morgan fingerprint density at radius 1 is 1.28 bits per heavy atom. The average Bonchev–Trinajstić information content (AvgIpc) is 2.72. The Balaban J connectivity index is 2.05. The van der Waals surface area contributed by atoms with Crippen LogP contribution >= 0.6 is 0 Å². The molecule has 1 aromatic carbocycles. The summed E-state index contributed by atoms with van der Waals surface area (Å²) < 4.78 is 24.3. The number of anilines is 1. The van der Waals surface area contributed by atoms with Crippen LogP contribution in [0.25, 0.3) is 0 Å². The van der Waals surface area contributed by atoms with Crippen LogP contribution in [0.1, 0.15) is 5.82 Å². The molecule has 0 radical (unpaired) electrons. The summed E-state index contributed by atoms with van der Waals surface area (Å²) >= 11 is 0. The average molecular weight is 266 g/mol. The van der Waals surface area contributed by atoms with Crippen LogP contribution in [0.15, 0.2) is 35.5 Å². The summed E-state index contributed by atoms with van der Waals surface area (Å²) in [6.45, 7) is 0.536. The van der Waals surface area contributed by atoms with E-state index in [1.807, 2.05) is 7.05 Å². The fraction of sp³-hybridized carbons (Fsp3) is 0.273. The van der Waals surface area contributed by atoms with Crippen molar-refractivity contribution in [3.05, 3.63) is 36.4 Å². The molecule has 0 spiro atoms. The summed E-state index contributed by atoms with van der Waals surface area (Å²) in [5.41, 5.74) is 0.838. The first kappa shape index (κ1) is 12.6. The maximum atomic E-state index is 11.3. The minimum absolute atomic E-state index is 0.312. The van der Waals surface area contributed by atoms with Gasteiger partial charge in [-0.15, -0.1) is 0 Å². The number of hydrogen-bond donors (Lipinski definition) is 1. The van der Waals surface area contributed by atoms with E-state index in [-0.39, 0.29) is 0 Å². The highest BCUT2D eigenvalue weighted by Crippen LogP contribution is 2.14. The van der Waals surface area contributed by atoms with Gasteiger partial charge in [0.1, 0.15) is 12.2 Å². The Labute approximate surface area is 106 Å². The Bertz CT molecular complexity index is 631. The number of aryl methyl sites for hydroxylation is 1. The molecule has 0 unspecified atom stereocenters. The lowest BCUT2D eigenvalue weighted by Crippen LogP contribution is -2.07. The van der Waals surface area contributed by atoms with Crippen LogP contribution in [0, 0.1) is 0 Å². The third-order valence-electron chi connectivity index (χ3n) is 2.54. The van der Waals surface area contributed by atoms with Crippen molar-refractivity contribution in [3.63, 3.8) is 0 Å². The standard InChI is InChI=1S/C11H14N4O2S/c1-15-11(13-8-14-15)7-12-9-3-5-10(6-4-9)18(2,16)17/h3-6,8,12H,7H2,1-2H3. The highest BCUT2D eigenvalue weighted by molar-refractivity contribution is 7.90. The second-order valence-corrected chi connectivity index (χ2v) is 5.97. The Kier molecular flexibility index (Phi) is 3.33. The van der Waals surface area contributed by atoms with Gasteiger partial charge in [-0.05, 0) is 24.3 Å². The molecule has 1 heterocycles. The number of hydrogen-bond acceptors (Lipinski definition) is 5. The maximum absolute atomic E-state index is 11.3. The van der Waals surface area contributed by atoms with E-state index in [0.29, 0.717) is 11.4 Å². The van der Waals surface area contributed by atoms with E-state index in [1.165, 1.54) is 12.6 Å². The molecule has 18 heavy (non-hydrogen) atoms. The van der Waals surface area contributed by atoms with Crippen LogP contribution < -0.4 is 5.32 Å². The van der Waals surface area contributed by atoms with Crippen LogP contribution in [-0.4, -0.2) is 29.4 Å². The number of nitrogens with zero attached hydrogens (tertiary/aromatic N) is 3. The quantitative estimate of drug-likeness (QED) is 0.887. The third-order valence-corrected chi connectivity index (χ3v) is 3.67. The van der Waals surface area contributed by atoms with Gasteiger partial charge < -0.3 is 5.32 Å². The van der Waals surface area contributed by atoms with Crippen LogP contribution in [0.5, 0.6) is 0 Å². The van der Waals surface area contributed by atoms with E-state index in [1.54, 1.807) is 28.9 Å². The topological polar surface area (TPSA) is 76.9 Å². The summed E-state index contributed by atoms with van der Waals surface area (Å²) in [4.78, 5) is 4.39. The fourth-order valence-electron chi connectivity index (χ4n) is 1.48. The molecule has 0 saturated carbocycles. The van der Waals surface area contributed by atoms with E-state index in [4.69, 9.17) is 0 Å². The van der Waals surface area contributed by atoms with Crippen molar-refractivity contribution in [1.82, 2.24) is 14.8 Å². The molecule has 0 aliphatic carbocycles. The third kappa shape index (κ3) is 2.86. The first-order valence-corrected chi connectivity index (χ1v) is 7.23. The van der Waals surface area contributed by atoms with Crippen molar-refractivity contribution in [2.45, 2.75) is 11.4 Å². The molecule has 0 fully saturated rings. The lowest BCUT2D eigenvalue weighted by atomic mass is 10.3. The van der Waals surface area contributed by atoms with Gasteiger partial charge in [-0.2, -0.15) is 5.10 Å². The first-order valence-electron chi connectivity index (χ1n) is 5.34. The molecular formula is C11H14N4O2S. The molecule has 0 bridgehead atoms. The van der Waals surface area contributed by atoms with Gasteiger partial charge in [0.25, 0.3) is 0 Å². The van der Waals surface area contributed by atoms with E-state index >= 15 is 0 Å². The van der Waals surface area contributed by atoms with Gasteiger partial charge in [-0.3, -0.25) is 4.68 Å². The van der Waals surface area contributed by atoms with Crippen molar-refractivity contribution in [2.24, 2.45) is 7.05 Å². The van der Waals surface area contributed by atoms with Gasteiger partial charge in [0.15, 0.2) is 9.84 Å². The highest BCUT2D eigenvalue weighted by Gasteiger charge is 2.06. The van der Waals surface area contributed by atoms with E-state index < -0.39 is 9.84 Å². The van der Waals surface area contributed by atoms with Crippen LogP contribution in [-0.2, 0) is 23.4 Å². The zero-order chi connectivity index (χ0) is 13.2. The smallest absolute Gasteiger partial charge is 0.175 e. The summed E-state index contributed by atoms with van der Waals surface area (Å²) in [7, 11) is -1.32. The molecule has 1 aromatic heterocycles. The largest absolute Gasteiger partial charge is 0.378 e. The number of benzene rings is 1. The Morgan fingerprint density at radius 3 is 2.44 bits per heavy atom. The monoisotopic (exact) mass is 266 g/mol. The first-order chi connectivity index (χ1) is 8.47. The van der Waals surface area contributed by atoms with Gasteiger partial charge in [0, 0.05) is 19.0 Å². The van der Waals surface area contributed by atoms with Crippen molar-refractivity contribution < 1.29 is 8.42 Å². The van der Waals surface area contributed by atoms with Gasteiger partial charge >= 0.3 is 0 Å². The normalized spacial score (nSPS) is 11.4. The fourth-order valence-corrected chi connectivity index (χ4v) is 2.11. The molecule has 2 aromatic rings. The van der Waals surface area contributed by atoms with Crippen molar-refractivity contribution in [1.29, 1.82) is 0 Å².